The molecule has 1 aromatic heterocycles. The molecule has 0 aliphatic rings. The zero-order chi connectivity index (χ0) is 15.3. The smallest absolute Gasteiger partial charge is 0.346 e. The van der Waals surface area contributed by atoms with Crippen LogP contribution in [-0.2, 0) is 14.8 Å². The second-order valence-corrected chi connectivity index (χ2v) is 7.24. The Balaban J connectivity index is 3.15. The van der Waals surface area contributed by atoms with Gasteiger partial charge in [-0.3, -0.25) is 0 Å². The molecule has 1 rings (SSSR count). The van der Waals surface area contributed by atoms with E-state index in [2.05, 4.69) is 6.58 Å². The van der Waals surface area contributed by atoms with Crippen LogP contribution in [0.2, 0.25) is 0 Å². The Morgan fingerprint density at radius 1 is 1.60 bits per heavy atom. The van der Waals surface area contributed by atoms with Gasteiger partial charge >= 0.3 is 5.97 Å². The van der Waals surface area contributed by atoms with Crippen molar-refractivity contribution < 1.29 is 23.1 Å². The van der Waals surface area contributed by atoms with E-state index in [4.69, 9.17) is 9.84 Å². The summed E-state index contributed by atoms with van der Waals surface area (Å²) in [5.74, 6) is -1.12. The number of carbonyl (C=O) groups is 1. The molecule has 0 saturated carbocycles. The number of thiophene rings is 1. The molecule has 8 heteroatoms. The molecule has 20 heavy (non-hydrogen) atoms. The fourth-order valence-electron chi connectivity index (χ4n) is 1.57. The standard InChI is InChI=1S/C12H17NO5S2/c1-4-5-13(6-7-18-3)20(16,17)10-8-9(2)11(19-10)12(14)15/h4,8H,1,5-7H2,2-3H3,(H,14,15). The van der Waals surface area contributed by atoms with Crippen molar-refractivity contribution in [3.05, 3.63) is 29.2 Å². The normalized spacial score (nSPS) is 11.8. The van der Waals surface area contributed by atoms with Crippen LogP contribution in [0.15, 0.2) is 22.9 Å². The zero-order valence-corrected chi connectivity index (χ0v) is 13.0. The zero-order valence-electron chi connectivity index (χ0n) is 11.3. The van der Waals surface area contributed by atoms with Crippen LogP contribution < -0.4 is 0 Å². The SMILES string of the molecule is C=CCN(CCOC)S(=O)(=O)c1cc(C)c(C(=O)O)s1. The Morgan fingerprint density at radius 3 is 2.70 bits per heavy atom. The molecule has 0 atom stereocenters. The number of carboxylic acid groups (broad SMARTS) is 1. The van der Waals surface area contributed by atoms with Gasteiger partial charge in [0.1, 0.15) is 9.09 Å². The van der Waals surface area contributed by atoms with E-state index in [1.165, 1.54) is 23.6 Å². The molecule has 0 bridgehead atoms. The summed E-state index contributed by atoms with van der Waals surface area (Å²) in [6.45, 7) is 5.69. The summed E-state index contributed by atoms with van der Waals surface area (Å²) in [7, 11) is -2.25. The number of aromatic carboxylic acids is 1. The van der Waals surface area contributed by atoms with E-state index in [0.717, 1.165) is 11.3 Å². The average Bonchev–Trinajstić information content (AvgIpc) is 2.77. The molecule has 0 aliphatic heterocycles. The Morgan fingerprint density at radius 2 is 2.25 bits per heavy atom. The van der Waals surface area contributed by atoms with Crippen LogP contribution >= 0.6 is 11.3 Å². The summed E-state index contributed by atoms with van der Waals surface area (Å²) in [5.41, 5.74) is 0.436. The van der Waals surface area contributed by atoms with Crippen molar-refractivity contribution in [3.8, 4) is 0 Å². The second kappa shape index (κ2) is 6.98. The molecule has 0 amide bonds. The van der Waals surface area contributed by atoms with Crippen molar-refractivity contribution in [2.45, 2.75) is 11.1 Å². The molecule has 0 saturated heterocycles. The van der Waals surface area contributed by atoms with Crippen molar-refractivity contribution in [2.24, 2.45) is 0 Å². The van der Waals surface area contributed by atoms with Crippen LogP contribution in [0, 0.1) is 6.92 Å². The van der Waals surface area contributed by atoms with Gasteiger partial charge in [-0.2, -0.15) is 4.31 Å². The van der Waals surface area contributed by atoms with Gasteiger partial charge < -0.3 is 9.84 Å². The van der Waals surface area contributed by atoms with Crippen LogP contribution in [0.3, 0.4) is 0 Å². The van der Waals surface area contributed by atoms with E-state index < -0.39 is 16.0 Å². The molecule has 0 radical (unpaired) electrons. The molecular weight excluding hydrogens is 302 g/mol. The molecule has 0 unspecified atom stereocenters. The van der Waals surface area contributed by atoms with Gasteiger partial charge in [0.15, 0.2) is 0 Å². The maximum Gasteiger partial charge on any atom is 0.346 e. The van der Waals surface area contributed by atoms with Gasteiger partial charge in [0.05, 0.1) is 6.61 Å². The third kappa shape index (κ3) is 3.66. The van der Waals surface area contributed by atoms with Crippen molar-refractivity contribution in [1.29, 1.82) is 0 Å². The highest BCUT2D eigenvalue weighted by atomic mass is 32.2. The Bertz CT molecular complexity index is 591. The van der Waals surface area contributed by atoms with E-state index in [1.54, 1.807) is 6.92 Å². The summed E-state index contributed by atoms with van der Waals surface area (Å²) in [4.78, 5) is 11.0. The number of hydrogen-bond acceptors (Lipinski definition) is 5. The monoisotopic (exact) mass is 319 g/mol. The maximum atomic E-state index is 12.5. The van der Waals surface area contributed by atoms with Crippen LogP contribution in [0.4, 0.5) is 0 Å². The highest BCUT2D eigenvalue weighted by molar-refractivity contribution is 7.91. The predicted octanol–water partition coefficient (Wildman–Crippen LogP) is 1.58. The Hall–Kier alpha value is -1.22. The molecule has 0 fully saturated rings. The number of carboxylic acids is 1. The highest BCUT2D eigenvalue weighted by Crippen LogP contribution is 2.28. The molecule has 1 heterocycles. The second-order valence-electron chi connectivity index (χ2n) is 4.03. The fourth-order valence-corrected chi connectivity index (χ4v) is 4.49. The number of sulfonamides is 1. The number of rotatable bonds is 8. The summed E-state index contributed by atoms with van der Waals surface area (Å²) >= 11 is 0.758. The van der Waals surface area contributed by atoms with E-state index in [1.807, 2.05) is 0 Å². The Labute approximate surface area is 122 Å². The van der Waals surface area contributed by atoms with Gasteiger partial charge in [-0.1, -0.05) is 6.08 Å². The summed E-state index contributed by atoms with van der Waals surface area (Å²) < 4.78 is 31.0. The van der Waals surface area contributed by atoms with Gasteiger partial charge in [-0.05, 0) is 18.6 Å². The third-order valence-corrected chi connectivity index (χ3v) is 6.10. The first-order valence-electron chi connectivity index (χ1n) is 5.78. The number of methoxy groups -OCH3 is 1. The molecule has 0 aliphatic carbocycles. The summed E-state index contributed by atoms with van der Waals surface area (Å²) in [6.07, 6.45) is 1.48. The summed E-state index contributed by atoms with van der Waals surface area (Å²) in [5, 5.41) is 8.99. The number of ether oxygens (including phenoxy) is 1. The largest absolute Gasteiger partial charge is 0.477 e. The van der Waals surface area contributed by atoms with E-state index in [-0.39, 0.29) is 28.8 Å². The van der Waals surface area contributed by atoms with Crippen molar-refractivity contribution >= 4 is 27.3 Å². The van der Waals surface area contributed by atoms with Crippen LogP contribution in [0.5, 0.6) is 0 Å². The minimum Gasteiger partial charge on any atom is -0.477 e. The first-order valence-corrected chi connectivity index (χ1v) is 8.04. The van der Waals surface area contributed by atoms with Crippen LogP contribution in [0.1, 0.15) is 15.2 Å². The van der Waals surface area contributed by atoms with Crippen molar-refractivity contribution in [1.82, 2.24) is 4.31 Å². The lowest BCUT2D eigenvalue weighted by molar-refractivity contribution is 0.0701. The molecule has 112 valence electrons. The first kappa shape index (κ1) is 16.8. The maximum absolute atomic E-state index is 12.5. The van der Waals surface area contributed by atoms with Gasteiger partial charge in [-0.25, -0.2) is 13.2 Å². The molecule has 6 nitrogen and oxygen atoms in total. The quantitative estimate of drug-likeness (QED) is 0.735. The van der Waals surface area contributed by atoms with Crippen LogP contribution in [-0.4, -0.2) is 50.6 Å². The van der Waals surface area contributed by atoms with E-state index >= 15 is 0 Å². The first-order chi connectivity index (χ1) is 9.34. The van der Waals surface area contributed by atoms with Crippen LogP contribution in [0.25, 0.3) is 0 Å². The molecule has 0 spiro atoms. The van der Waals surface area contributed by atoms with Gasteiger partial charge in [0, 0.05) is 20.2 Å². The van der Waals surface area contributed by atoms with Gasteiger partial charge in [0.2, 0.25) is 0 Å². The lowest BCUT2D eigenvalue weighted by Crippen LogP contribution is -2.33. The van der Waals surface area contributed by atoms with E-state index in [0.29, 0.717) is 5.56 Å². The minimum atomic E-state index is -3.73. The highest BCUT2D eigenvalue weighted by Gasteiger charge is 2.27. The average molecular weight is 319 g/mol. The van der Waals surface area contributed by atoms with E-state index in [9.17, 15) is 13.2 Å². The van der Waals surface area contributed by atoms with Crippen molar-refractivity contribution in [2.75, 3.05) is 26.8 Å². The lowest BCUT2D eigenvalue weighted by Gasteiger charge is -2.19. The number of aryl methyl sites for hydroxylation is 1. The number of nitrogens with zero attached hydrogens (tertiary/aromatic N) is 1. The van der Waals surface area contributed by atoms with Crippen molar-refractivity contribution in [3.63, 3.8) is 0 Å². The predicted molar refractivity (Wildman–Crippen MR) is 76.8 cm³/mol. The molecule has 1 aromatic rings. The Kier molecular flexibility index (Phi) is 5.88. The third-order valence-electron chi connectivity index (χ3n) is 2.56. The van der Waals surface area contributed by atoms with Gasteiger partial charge in [-0.15, -0.1) is 17.9 Å². The molecular formula is C12H17NO5S2. The van der Waals surface area contributed by atoms with Gasteiger partial charge in [0.25, 0.3) is 10.0 Å². The fraction of sp³-hybridized carbons (Fsp3) is 0.417. The summed E-state index contributed by atoms with van der Waals surface area (Å²) in [6, 6.07) is 1.38. The minimum absolute atomic E-state index is 0.0188. The lowest BCUT2D eigenvalue weighted by atomic mass is 10.3. The molecule has 1 N–H and O–H groups in total. The molecule has 0 aromatic carbocycles. The number of hydrogen-bond donors (Lipinski definition) is 1. The topological polar surface area (TPSA) is 83.9 Å².